The van der Waals surface area contributed by atoms with Crippen molar-refractivity contribution in [3.05, 3.63) is 29.3 Å². The Hall–Kier alpha value is -1.51. The van der Waals surface area contributed by atoms with E-state index in [-0.39, 0.29) is 5.84 Å². The summed E-state index contributed by atoms with van der Waals surface area (Å²) >= 11 is 0. The van der Waals surface area contributed by atoms with Gasteiger partial charge in [-0.25, -0.2) is 0 Å². The van der Waals surface area contributed by atoms with Crippen LogP contribution in [0.15, 0.2) is 18.2 Å². The molecule has 3 N–H and O–H groups in total. The van der Waals surface area contributed by atoms with Crippen LogP contribution >= 0.6 is 0 Å². The smallest absolute Gasteiger partial charge is 0.122 e. The van der Waals surface area contributed by atoms with Gasteiger partial charge in [0.15, 0.2) is 0 Å². The highest BCUT2D eigenvalue weighted by Gasteiger charge is 2.18. The van der Waals surface area contributed by atoms with E-state index in [0.717, 1.165) is 24.6 Å². The zero-order chi connectivity index (χ0) is 12.4. The standard InChI is InChI=1S/C14H21N3/c1-10-4-3-7-17(9-10)13-6-5-12(14(15)16)8-11(13)2/h5-6,8,10H,3-4,7,9H2,1-2H3,(H3,15,16). The highest BCUT2D eigenvalue weighted by Crippen LogP contribution is 2.26. The number of anilines is 1. The monoisotopic (exact) mass is 231 g/mol. The molecule has 1 aromatic rings. The molecule has 1 unspecified atom stereocenters. The number of nitrogens with zero attached hydrogens (tertiary/aromatic N) is 1. The second-order valence-corrected chi connectivity index (χ2v) is 5.11. The van der Waals surface area contributed by atoms with Gasteiger partial charge in [-0.15, -0.1) is 0 Å². The first-order chi connectivity index (χ1) is 8.08. The quantitative estimate of drug-likeness (QED) is 0.607. The average Bonchev–Trinajstić information content (AvgIpc) is 2.28. The van der Waals surface area contributed by atoms with Crippen LogP contribution in [0.25, 0.3) is 0 Å². The summed E-state index contributed by atoms with van der Waals surface area (Å²) in [4.78, 5) is 2.45. The fourth-order valence-electron chi connectivity index (χ4n) is 2.59. The highest BCUT2D eigenvalue weighted by molar-refractivity contribution is 5.95. The van der Waals surface area contributed by atoms with Crippen molar-refractivity contribution in [2.45, 2.75) is 26.7 Å². The molecular weight excluding hydrogens is 210 g/mol. The zero-order valence-corrected chi connectivity index (χ0v) is 10.7. The molecule has 0 amide bonds. The van der Waals surface area contributed by atoms with E-state index in [1.54, 1.807) is 0 Å². The molecule has 1 fully saturated rings. The molecule has 1 aliphatic heterocycles. The van der Waals surface area contributed by atoms with E-state index in [1.807, 2.05) is 12.1 Å². The van der Waals surface area contributed by atoms with Crippen LogP contribution in [-0.4, -0.2) is 18.9 Å². The molecule has 0 aromatic heterocycles. The first-order valence-electron chi connectivity index (χ1n) is 6.28. The molecule has 3 nitrogen and oxygen atoms in total. The number of rotatable bonds is 2. The van der Waals surface area contributed by atoms with Crippen molar-refractivity contribution in [3.63, 3.8) is 0 Å². The molecule has 2 rings (SSSR count). The van der Waals surface area contributed by atoms with Crippen LogP contribution in [-0.2, 0) is 0 Å². The molecule has 1 atom stereocenters. The summed E-state index contributed by atoms with van der Waals surface area (Å²) in [6, 6.07) is 6.06. The van der Waals surface area contributed by atoms with E-state index in [2.05, 4.69) is 24.8 Å². The van der Waals surface area contributed by atoms with Crippen molar-refractivity contribution in [1.82, 2.24) is 0 Å². The zero-order valence-electron chi connectivity index (χ0n) is 10.7. The number of hydrogen-bond acceptors (Lipinski definition) is 2. The second kappa shape index (κ2) is 4.78. The third-order valence-electron chi connectivity index (χ3n) is 3.51. The van der Waals surface area contributed by atoms with Gasteiger partial charge < -0.3 is 10.6 Å². The Morgan fingerprint density at radius 2 is 2.24 bits per heavy atom. The fraction of sp³-hybridized carbons (Fsp3) is 0.500. The normalized spacial score (nSPS) is 20.4. The van der Waals surface area contributed by atoms with Gasteiger partial charge in [0.05, 0.1) is 0 Å². The van der Waals surface area contributed by atoms with Crippen molar-refractivity contribution in [2.75, 3.05) is 18.0 Å². The number of amidine groups is 1. The topological polar surface area (TPSA) is 53.1 Å². The number of benzene rings is 1. The molecule has 0 radical (unpaired) electrons. The van der Waals surface area contributed by atoms with Gasteiger partial charge in [0.25, 0.3) is 0 Å². The Labute approximate surface area is 103 Å². The van der Waals surface area contributed by atoms with Crippen molar-refractivity contribution >= 4 is 11.5 Å². The van der Waals surface area contributed by atoms with Crippen LogP contribution in [0, 0.1) is 18.3 Å². The number of hydrogen-bond donors (Lipinski definition) is 2. The minimum Gasteiger partial charge on any atom is -0.384 e. The predicted octanol–water partition coefficient (Wildman–Crippen LogP) is 2.52. The van der Waals surface area contributed by atoms with E-state index in [9.17, 15) is 0 Å². The molecule has 17 heavy (non-hydrogen) atoms. The third-order valence-corrected chi connectivity index (χ3v) is 3.51. The lowest BCUT2D eigenvalue weighted by Gasteiger charge is -2.34. The molecule has 0 saturated carbocycles. The molecule has 1 saturated heterocycles. The van der Waals surface area contributed by atoms with Crippen molar-refractivity contribution in [1.29, 1.82) is 5.41 Å². The SMILES string of the molecule is Cc1cc(C(=N)N)ccc1N1CCCC(C)C1. The molecule has 1 aromatic carbocycles. The van der Waals surface area contributed by atoms with Gasteiger partial charge in [-0.1, -0.05) is 6.92 Å². The highest BCUT2D eigenvalue weighted by atomic mass is 15.1. The van der Waals surface area contributed by atoms with Crippen molar-refractivity contribution < 1.29 is 0 Å². The van der Waals surface area contributed by atoms with Crippen LogP contribution < -0.4 is 10.6 Å². The summed E-state index contributed by atoms with van der Waals surface area (Å²) in [7, 11) is 0. The Morgan fingerprint density at radius 3 is 2.82 bits per heavy atom. The van der Waals surface area contributed by atoms with Gasteiger partial charge in [-0.3, -0.25) is 5.41 Å². The molecule has 3 heteroatoms. The number of aryl methyl sites for hydroxylation is 1. The van der Waals surface area contributed by atoms with E-state index in [4.69, 9.17) is 11.1 Å². The van der Waals surface area contributed by atoms with E-state index >= 15 is 0 Å². The largest absolute Gasteiger partial charge is 0.384 e. The summed E-state index contributed by atoms with van der Waals surface area (Å²) < 4.78 is 0. The summed E-state index contributed by atoms with van der Waals surface area (Å²) in [5.41, 5.74) is 8.83. The molecule has 1 aliphatic rings. The Morgan fingerprint density at radius 1 is 1.47 bits per heavy atom. The van der Waals surface area contributed by atoms with Crippen LogP contribution in [0.1, 0.15) is 30.9 Å². The van der Waals surface area contributed by atoms with Crippen molar-refractivity contribution in [3.8, 4) is 0 Å². The van der Waals surface area contributed by atoms with E-state index in [1.165, 1.54) is 24.1 Å². The molecule has 0 aliphatic carbocycles. The molecule has 1 heterocycles. The summed E-state index contributed by atoms with van der Waals surface area (Å²) in [6.07, 6.45) is 2.61. The molecule has 92 valence electrons. The molecular formula is C14H21N3. The summed E-state index contributed by atoms with van der Waals surface area (Å²) in [6.45, 7) is 6.69. The maximum atomic E-state index is 7.44. The lowest BCUT2D eigenvalue weighted by atomic mass is 9.98. The summed E-state index contributed by atoms with van der Waals surface area (Å²) in [5.74, 6) is 0.919. The van der Waals surface area contributed by atoms with E-state index in [0.29, 0.717) is 0 Å². The maximum absolute atomic E-state index is 7.44. The Kier molecular flexibility index (Phi) is 3.36. The number of nitrogens with one attached hydrogen (secondary N) is 1. The summed E-state index contributed by atoms with van der Waals surface area (Å²) in [5, 5.41) is 7.44. The maximum Gasteiger partial charge on any atom is 0.122 e. The number of nitrogens with two attached hydrogens (primary N) is 1. The molecule has 0 bridgehead atoms. The van der Waals surface area contributed by atoms with Gasteiger partial charge in [-0.2, -0.15) is 0 Å². The molecule has 0 spiro atoms. The van der Waals surface area contributed by atoms with E-state index < -0.39 is 0 Å². The average molecular weight is 231 g/mol. The van der Waals surface area contributed by atoms with Crippen LogP contribution in [0.4, 0.5) is 5.69 Å². The van der Waals surface area contributed by atoms with Gasteiger partial charge >= 0.3 is 0 Å². The first kappa shape index (κ1) is 12.0. The lowest BCUT2D eigenvalue weighted by Crippen LogP contribution is -2.34. The minimum atomic E-state index is 0.145. The van der Waals surface area contributed by atoms with Gasteiger partial charge in [0.2, 0.25) is 0 Å². The van der Waals surface area contributed by atoms with Gasteiger partial charge in [0, 0.05) is 24.3 Å². The van der Waals surface area contributed by atoms with Crippen molar-refractivity contribution in [2.24, 2.45) is 11.7 Å². The predicted molar refractivity (Wildman–Crippen MR) is 72.8 cm³/mol. The fourth-order valence-corrected chi connectivity index (χ4v) is 2.59. The second-order valence-electron chi connectivity index (χ2n) is 5.11. The number of piperidine rings is 1. The lowest BCUT2D eigenvalue weighted by molar-refractivity contribution is 0.446. The Balaban J connectivity index is 2.23. The van der Waals surface area contributed by atoms with Crippen LogP contribution in [0.3, 0.4) is 0 Å². The van der Waals surface area contributed by atoms with Crippen LogP contribution in [0.2, 0.25) is 0 Å². The first-order valence-corrected chi connectivity index (χ1v) is 6.28. The third kappa shape index (κ3) is 2.60. The number of nitrogen functional groups attached to an aromatic ring is 1. The Bertz CT molecular complexity index is 425. The van der Waals surface area contributed by atoms with Gasteiger partial charge in [0.1, 0.15) is 5.84 Å². The minimum absolute atomic E-state index is 0.145. The van der Waals surface area contributed by atoms with Gasteiger partial charge in [-0.05, 0) is 49.4 Å². The van der Waals surface area contributed by atoms with Crippen LogP contribution in [0.5, 0.6) is 0 Å².